The monoisotopic (exact) mass is 222 g/mol. The second-order valence-corrected chi connectivity index (χ2v) is 3.97. The van der Waals surface area contributed by atoms with E-state index >= 15 is 0 Å². The van der Waals surface area contributed by atoms with Crippen molar-refractivity contribution in [1.29, 1.82) is 0 Å². The average Bonchev–Trinajstić information content (AvgIpc) is 2.83. The number of hydrogen-bond donors (Lipinski definition) is 1. The molecule has 3 heteroatoms. The van der Waals surface area contributed by atoms with Crippen molar-refractivity contribution in [2.24, 2.45) is 0 Å². The lowest BCUT2D eigenvalue weighted by molar-refractivity contribution is -0.00382. The van der Waals surface area contributed by atoms with E-state index in [9.17, 15) is 5.11 Å². The Morgan fingerprint density at radius 2 is 2.31 bits per heavy atom. The van der Waals surface area contributed by atoms with Gasteiger partial charge in [0.2, 0.25) is 0 Å². The molecule has 0 saturated carbocycles. The molecule has 2 rings (SSSR count). The van der Waals surface area contributed by atoms with Gasteiger partial charge in [0.1, 0.15) is 11.9 Å². The number of ether oxygens (including phenoxy) is 2. The van der Waals surface area contributed by atoms with Crippen LogP contribution < -0.4 is 4.74 Å². The Labute approximate surface area is 96.0 Å². The standard InChI is InChI=1S/C13H18O3/c1-2-15-11-7-4-3-6-10(11)13(14)12-8-5-9-16-12/h3-4,6-7,12-14H,2,5,8-9H2,1H3. The fourth-order valence-corrected chi connectivity index (χ4v) is 2.06. The molecular formula is C13H18O3. The number of rotatable bonds is 4. The van der Waals surface area contributed by atoms with Crippen LogP contribution in [0.15, 0.2) is 24.3 Å². The summed E-state index contributed by atoms with van der Waals surface area (Å²) in [6, 6.07) is 7.61. The topological polar surface area (TPSA) is 38.7 Å². The normalized spacial score (nSPS) is 22.0. The van der Waals surface area contributed by atoms with Crippen LogP contribution in [0, 0.1) is 0 Å². The molecular weight excluding hydrogens is 204 g/mol. The van der Waals surface area contributed by atoms with Crippen molar-refractivity contribution in [3.05, 3.63) is 29.8 Å². The van der Waals surface area contributed by atoms with Gasteiger partial charge in [-0.2, -0.15) is 0 Å². The molecule has 0 amide bonds. The molecule has 2 atom stereocenters. The summed E-state index contributed by atoms with van der Waals surface area (Å²) < 4.78 is 11.0. The Morgan fingerprint density at radius 1 is 1.50 bits per heavy atom. The van der Waals surface area contributed by atoms with Crippen molar-refractivity contribution in [3.63, 3.8) is 0 Å². The third-order valence-electron chi connectivity index (χ3n) is 2.85. The van der Waals surface area contributed by atoms with Gasteiger partial charge in [0.15, 0.2) is 0 Å². The predicted molar refractivity (Wildman–Crippen MR) is 61.5 cm³/mol. The Bertz CT molecular complexity index is 332. The SMILES string of the molecule is CCOc1ccccc1C(O)C1CCCO1. The van der Waals surface area contributed by atoms with Crippen molar-refractivity contribution < 1.29 is 14.6 Å². The number of aliphatic hydroxyl groups excluding tert-OH is 1. The van der Waals surface area contributed by atoms with Gasteiger partial charge in [0.25, 0.3) is 0 Å². The van der Waals surface area contributed by atoms with Crippen LogP contribution in [0.4, 0.5) is 0 Å². The smallest absolute Gasteiger partial charge is 0.125 e. The van der Waals surface area contributed by atoms with Crippen LogP contribution in [0.2, 0.25) is 0 Å². The van der Waals surface area contributed by atoms with E-state index in [-0.39, 0.29) is 6.10 Å². The maximum Gasteiger partial charge on any atom is 0.125 e. The molecule has 0 aromatic heterocycles. The highest BCUT2D eigenvalue weighted by Crippen LogP contribution is 2.32. The van der Waals surface area contributed by atoms with Gasteiger partial charge in [-0.05, 0) is 25.8 Å². The quantitative estimate of drug-likeness (QED) is 0.849. The number of para-hydroxylation sites is 1. The average molecular weight is 222 g/mol. The van der Waals surface area contributed by atoms with Gasteiger partial charge in [0.05, 0.1) is 12.7 Å². The maximum absolute atomic E-state index is 10.2. The first-order chi connectivity index (χ1) is 7.83. The molecule has 1 saturated heterocycles. The van der Waals surface area contributed by atoms with E-state index in [1.807, 2.05) is 31.2 Å². The van der Waals surface area contributed by atoms with Crippen molar-refractivity contribution >= 4 is 0 Å². The van der Waals surface area contributed by atoms with Gasteiger partial charge >= 0.3 is 0 Å². The molecule has 16 heavy (non-hydrogen) atoms. The van der Waals surface area contributed by atoms with Crippen molar-refractivity contribution in [3.8, 4) is 5.75 Å². The molecule has 1 aromatic rings. The summed E-state index contributed by atoms with van der Waals surface area (Å²) in [5.74, 6) is 0.757. The fourth-order valence-electron chi connectivity index (χ4n) is 2.06. The largest absolute Gasteiger partial charge is 0.493 e. The third-order valence-corrected chi connectivity index (χ3v) is 2.85. The summed E-state index contributed by atoms with van der Waals surface area (Å²) in [6.45, 7) is 3.29. The minimum Gasteiger partial charge on any atom is -0.493 e. The molecule has 0 bridgehead atoms. The van der Waals surface area contributed by atoms with Crippen molar-refractivity contribution in [2.45, 2.75) is 32.0 Å². The van der Waals surface area contributed by atoms with Crippen LogP contribution in [0.3, 0.4) is 0 Å². The molecule has 1 fully saturated rings. The lowest BCUT2D eigenvalue weighted by Gasteiger charge is -2.20. The molecule has 1 heterocycles. The van der Waals surface area contributed by atoms with Gasteiger partial charge in [0, 0.05) is 12.2 Å². The van der Waals surface area contributed by atoms with Crippen molar-refractivity contribution in [2.75, 3.05) is 13.2 Å². The summed E-state index contributed by atoms with van der Waals surface area (Å²) in [5, 5.41) is 10.2. The third kappa shape index (κ3) is 2.36. The van der Waals surface area contributed by atoms with Crippen LogP contribution in [0.5, 0.6) is 5.75 Å². The van der Waals surface area contributed by atoms with E-state index in [1.54, 1.807) is 0 Å². The lowest BCUT2D eigenvalue weighted by atomic mass is 10.0. The van der Waals surface area contributed by atoms with Gasteiger partial charge in [-0.3, -0.25) is 0 Å². The number of hydrogen-bond acceptors (Lipinski definition) is 3. The van der Waals surface area contributed by atoms with E-state index in [2.05, 4.69) is 0 Å². The summed E-state index contributed by atoms with van der Waals surface area (Å²) >= 11 is 0. The zero-order valence-corrected chi connectivity index (χ0v) is 9.56. The summed E-state index contributed by atoms with van der Waals surface area (Å²) in [6.07, 6.45) is 1.28. The lowest BCUT2D eigenvalue weighted by Crippen LogP contribution is -2.18. The van der Waals surface area contributed by atoms with E-state index in [1.165, 1.54) is 0 Å². The van der Waals surface area contributed by atoms with Crippen LogP contribution in [-0.4, -0.2) is 24.4 Å². The summed E-state index contributed by atoms with van der Waals surface area (Å²) in [7, 11) is 0. The molecule has 1 N–H and O–H groups in total. The first kappa shape index (κ1) is 11.4. The van der Waals surface area contributed by atoms with Gasteiger partial charge in [-0.1, -0.05) is 18.2 Å². The highest BCUT2D eigenvalue weighted by molar-refractivity contribution is 5.35. The Hall–Kier alpha value is -1.06. The summed E-state index contributed by atoms with van der Waals surface area (Å²) in [4.78, 5) is 0. The van der Waals surface area contributed by atoms with E-state index in [0.29, 0.717) is 6.61 Å². The second-order valence-electron chi connectivity index (χ2n) is 3.97. The Kier molecular flexibility index (Phi) is 3.80. The molecule has 1 aliphatic heterocycles. The molecule has 88 valence electrons. The highest BCUT2D eigenvalue weighted by atomic mass is 16.5. The van der Waals surface area contributed by atoms with Crippen LogP contribution >= 0.6 is 0 Å². The Morgan fingerprint density at radius 3 is 3.00 bits per heavy atom. The predicted octanol–water partition coefficient (Wildman–Crippen LogP) is 2.30. The van der Waals surface area contributed by atoms with Gasteiger partial charge < -0.3 is 14.6 Å². The van der Waals surface area contributed by atoms with Crippen molar-refractivity contribution in [1.82, 2.24) is 0 Å². The molecule has 1 aliphatic rings. The minimum atomic E-state index is -0.578. The number of aliphatic hydroxyl groups is 1. The highest BCUT2D eigenvalue weighted by Gasteiger charge is 2.27. The first-order valence-corrected chi connectivity index (χ1v) is 5.84. The van der Waals surface area contributed by atoms with E-state index in [4.69, 9.17) is 9.47 Å². The molecule has 0 spiro atoms. The molecule has 0 radical (unpaired) electrons. The molecule has 3 nitrogen and oxygen atoms in total. The first-order valence-electron chi connectivity index (χ1n) is 5.84. The summed E-state index contributed by atoms with van der Waals surface area (Å²) in [5.41, 5.74) is 0.830. The van der Waals surface area contributed by atoms with Gasteiger partial charge in [-0.15, -0.1) is 0 Å². The number of benzene rings is 1. The van der Waals surface area contributed by atoms with E-state index in [0.717, 1.165) is 30.8 Å². The molecule has 2 unspecified atom stereocenters. The van der Waals surface area contributed by atoms with Crippen LogP contribution in [0.1, 0.15) is 31.4 Å². The van der Waals surface area contributed by atoms with E-state index < -0.39 is 6.10 Å². The molecule has 1 aromatic carbocycles. The maximum atomic E-state index is 10.2. The van der Waals surface area contributed by atoms with Crippen LogP contribution in [0.25, 0.3) is 0 Å². The zero-order chi connectivity index (χ0) is 11.4. The van der Waals surface area contributed by atoms with Crippen LogP contribution in [-0.2, 0) is 4.74 Å². The minimum absolute atomic E-state index is 0.0818. The van der Waals surface area contributed by atoms with Gasteiger partial charge in [-0.25, -0.2) is 0 Å². The molecule has 0 aliphatic carbocycles. The zero-order valence-electron chi connectivity index (χ0n) is 9.56. The second kappa shape index (κ2) is 5.32. The Balaban J connectivity index is 2.17. The fraction of sp³-hybridized carbons (Fsp3) is 0.538.